The number of hydrogen-bond acceptors (Lipinski definition) is 2. The Morgan fingerprint density at radius 1 is 0.923 bits per heavy atom. The summed E-state index contributed by atoms with van der Waals surface area (Å²) in [6, 6.07) is 18.5. The van der Waals surface area contributed by atoms with E-state index in [1.807, 2.05) is 24.3 Å². The molecule has 0 heterocycles. The van der Waals surface area contributed by atoms with E-state index in [-0.39, 0.29) is 5.82 Å². The van der Waals surface area contributed by atoms with Crippen LogP contribution in [0.1, 0.15) is 16.7 Å². The van der Waals surface area contributed by atoms with Gasteiger partial charge in [-0.3, -0.25) is 0 Å². The first kappa shape index (κ1) is 18.9. The minimum absolute atomic E-state index is 0.243. The highest BCUT2D eigenvalue weighted by Crippen LogP contribution is 2.28. The summed E-state index contributed by atoms with van der Waals surface area (Å²) in [6.07, 6.45) is 0. The third-order valence-corrected chi connectivity index (χ3v) is 5.09. The van der Waals surface area contributed by atoms with Crippen LogP contribution in [-0.4, -0.2) is 0 Å². The second kappa shape index (κ2) is 8.69. The molecule has 3 aromatic rings. The van der Waals surface area contributed by atoms with Gasteiger partial charge in [-0.05, 0) is 82.0 Å². The Morgan fingerprint density at radius 2 is 1.65 bits per heavy atom. The number of halogens is 3. The summed E-state index contributed by atoms with van der Waals surface area (Å²) in [4.78, 5) is 0. The predicted octanol–water partition coefficient (Wildman–Crippen LogP) is 6.85. The van der Waals surface area contributed by atoms with E-state index in [1.165, 1.54) is 17.7 Å². The van der Waals surface area contributed by atoms with Crippen LogP contribution in [-0.2, 0) is 13.2 Å². The number of benzene rings is 3. The average molecular weight is 479 g/mol. The van der Waals surface area contributed by atoms with Gasteiger partial charge in [0.2, 0.25) is 0 Å². The maximum absolute atomic E-state index is 12.9. The zero-order chi connectivity index (χ0) is 18.5. The van der Waals surface area contributed by atoms with Crippen molar-refractivity contribution in [2.24, 2.45) is 0 Å². The highest BCUT2D eigenvalue weighted by Gasteiger charge is 2.05. The second-order valence-electron chi connectivity index (χ2n) is 5.99. The molecule has 0 atom stereocenters. The van der Waals surface area contributed by atoms with Crippen molar-refractivity contribution in [2.75, 3.05) is 5.32 Å². The first-order valence-corrected chi connectivity index (χ1v) is 9.75. The molecule has 5 heteroatoms. The van der Waals surface area contributed by atoms with Crippen molar-refractivity contribution in [3.05, 3.63) is 92.1 Å². The van der Waals surface area contributed by atoms with Crippen molar-refractivity contribution >= 4 is 37.5 Å². The van der Waals surface area contributed by atoms with Gasteiger partial charge in [-0.15, -0.1) is 0 Å². The van der Waals surface area contributed by atoms with Gasteiger partial charge in [0, 0.05) is 16.7 Å². The van der Waals surface area contributed by atoms with Crippen LogP contribution < -0.4 is 10.1 Å². The molecule has 0 saturated heterocycles. The lowest BCUT2D eigenvalue weighted by atomic mass is 10.1. The van der Waals surface area contributed by atoms with Gasteiger partial charge in [0.05, 0.1) is 4.47 Å². The van der Waals surface area contributed by atoms with Crippen molar-refractivity contribution in [3.63, 3.8) is 0 Å². The van der Waals surface area contributed by atoms with Gasteiger partial charge in [-0.2, -0.15) is 0 Å². The van der Waals surface area contributed by atoms with Crippen LogP contribution in [0.3, 0.4) is 0 Å². The molecular formula is C21H18Br2FNO. The van der Waals surface area contributed by atoms with E-state index >= 15 is 0 Å². The fourth-order valence-corrected chi connectivity index (χ4v) is 3.55. The summed E-state index contributed by atoms with van der Waals surface area (Å²) in [5.74, 6) is 0.519. The quantitative estimate of drug-likeness (QED) is 0.418. The Kier molecular flexibility index (Phi) is 6.33. The Morgan fingerprint density at radius 3 is 2.35 bits per heavy atom. The summed E-state index contributed by atoms with van der Waals surface area (Å²) in [5.41, 5.74) is 4.38. The molecule has 0 amide bonds. The first-order chi connectivity index (χ1) is 12.5. The van der Waals surface area contributed by atoms with Crippen molar-refractivity contribution in [3.8, 4) is 5.75 Å². The van der Waals surface area contributed by atoms with E-state index in [9.17, 15) is 4.39 Å². The highest BCUT2D eigenvalue weighted by atomic mass is 79.9. The number of aryl methyl sites for hydroxylation is 1. The monoisotopic (exact) mass is 477 g/mol. The molecule has 2 nitrogen and oxygen atoms in total. The van der Waals surface area contributed by atoms with Crippen molar-refractivity contribution in [2.45, 2.75) is 20.1 Å². The van der Waals surface area contributed by atoms with Crippen molar-refractivity contribution in [1.29, 1.82) is 0 Å². The second-order valence-corrected chi connectivity index (χ2v) is 7.76. The molecule has 0 aromatic heterocycles. The van der Waals surface area contributed by atoms with Crippen LogP contribution in [0, 0.1) is 12.7 Å². The lowest BCUT2D eigenvalue weighted by Crippen LogP contribution is -2.02. The molecule has 3 aromatic carbocycles. The van der Waals surface area contributed by atoms with Gasteiger partial charge >= 0.3 is 0 Å². The smallest absolute Gasteiger partial charge is 0.134 e. The largest absolute Gasteiger partial charge is 0.488 e. The van der Waals surface area contributed by atoms with Gasteiger partial charge in [0.15, 0.2) is 0 Å². The number of ether oxygens (including phenoxy) is 1. The summed E-state index contributed by atoms with van der Waals surface area (Å²) in [5, 5.41) is 3.45. The summed E-state index contributed by atoms with van der Waals surface area (Å²) >= 11 is 7.04. The van der Waals surface area contributed by atoms with Crippen molar-refractivity contribution in [1.82, 2.24) is 0 Å². The summed E-state index contributed by atoms with van der Waals surface area (Å²) in [7, 11) is 0. The normalized spacial score (nSPS) is 10.6. The van der Waals surface area contributed by atoms with E-state index in [0.29, 0.717) is 6.61 Å². The topological polar surface area (TPSA) is 21.3 Å². The maximum Gasteiger partial charge on any atom is 0.134 e. The molecule has 0 bridgehead atoms. The van der Waals surface area contributed by atoms with E-state index < -0.39 is 0 Å². The van der Waals surface area contributed by atoms with Gasteiger partial charge in [0.1, 0.15) is 18.2 Å². The molecule has 26 heavy (non-hydrogen) atoms. The van der Waals surface area contributed by atoms with Crippen LogP contribution in [0.4, 0.5) is 10.1 Å². The van der Waals surface area contributed by atoms with Gasteiger partial charge in [-0.25, -0.2) is 4.39 Å². The molecule has 134 valence electrons. The van der Waals surface area contributed by atoms with Gasteiger partial charge < -0.3 is 10.1 Å². The van der Waals surface area contributed by atoms with Crippen LogP contribution in [0.25, 0.3) is 0 Å². The Hall–Kier alpha value is -1.85. The summed E-state index contributed by atoms with van der Waals surface area (Å²) in [6.45, 7) is 3.20. The first-order valence-electron chi connectivity index (χ1n) is 8.17. The maximum atomic E-state index is 12.9. The number of nitrogens with one attached hydrogen (secondary N) is 1. The standard InChI is InChI=1S/C21H18Br2FNO/c1-14-10-17(22)5-8-20(14)25-12-16-4-9-21(19(23)11-16)26-13-15-2-6-18(24)7-3-15/h2-11,25H,12-13H2,1H3. The average Bonchev–Trinajstić information content (AvgIpc) is 2.61. The minimum atomic E-state index is -0.243. The third-order valence-electron chi connectivity index (χ3n) is 3.98. The zero-order valence-electron chi connectivity index (χ0n) is 14.2. The lowest BCUT2D eigenvalue weighted by molar-refractivity contribution is 0.304. The van der Waals surface area contributed by atoms with Crippen LogP contribution in [0.5, 0.6) is 5.75 Å². The molecule has 3 rings (SSSR count). The van der Waals surface area contributed by atoms with Gasteiger partial charge in [0.25, 0.3) is 0 Å². The molecule has 0 fully saturated rings. The SMILES string of the molecule is Cc1cc(Br)ccc1NCc1ccc(OCc2ccc(F)cc2)c(Br)c1. The van der Waals surface area contributed by atoms with E-state index in [4.69, 9.17) is 4.74 Å². The Bertz CT molecular complexity index is 897. The molecule has 0 aliphatic carbocycles. The molecule has 0 aliphatic rings. The molecule has 0 saturated carbocycles. The molecular weight excluding hydrogens is 461 g/mol. The molecule has 1 N–H and O–H groups in total. The predicted molar refractivity (Wildman–Crippen MR) is 111 cm³/mol. The molecule has 0 unspecified atom stereocenters. The van der Waals surface area contributed by atoms with E-state index in [1.54, 1.807) is 12.1 Å². The zero-order valence-corrected chi connectivity index (χ0v) is 17.4. The summed E-state index contributed by atoms with van der Waals surface area (Å²) < 4.78 is 20.7. The van der Waals surface area contributed by atoms with Crippen molar-refractivity contribution < 1.29 is 9.13 Å². The number of rotatable bonds is 6. The lowest BCUT2D eigenvalue weighted by Gasteiger charge is -2.12. The van der Waals surface area contributed by atoms with Crippen LogP contribution in [0.2, 0.25) is 0 Å². The van der Waals surface area contributed by atoms with Crippen LogP contribution >= 0.6 is 31.9 Å². The van der Waals surface area contributed by atoms with Gasteiger partial charge in [-0.1, -0.05) is 34.1 Å². The highest BCUT2D eigenvalue weighted by molar-refractivity contribution is 9.10. The molecule has 0 radical (unpaired) electrons. The third kappa shape index (κ3) is 5.08. The van der Waals surface area contributed by atoms with E-state index in [2.05, 4.69) is 56.2 Å². The minimum Gasteiger partial charge on any atom is -0.488 e. The number of hydrogen-bond donors (Lipinski definition) is 1. The number of anilines is 1. The fraction of sp³-hybridized carbons (Fsp3) is 0.143. The molecule has 0 aliphatic heterocycles. The van der Waals surface area contributed by atoms with Crippen LogP contribution in [0.15, 0.2) is 69.6 Å². The fourth-order valence-electron chi connectivity index (χ4n) is 2.54. The Balaban J connectivity index is 1.60. The Labute approximate surface area is 169 Å². The molecule has 0 spiro atoms. The van der Waals surface area contributed by atoms with E-state index in [0.717, 1.165) is 38.1 Å².